The van der Waals surface area contributed by atoms with Crippen LogP contribution in [0.5, 0.6) is 0 Å². The lowest BCUT2D eigenvalue weighted by atomic mass is 10.1. The van der Waals surface area contributed by atoms with Crippen LogP contribution in [-0.4, -0.2) is 11.5 Å². The van der Waals surface area contributed by atoms with Gasteiger partial charge in [-0.3, -0.25) is 4.98 Å². The molecule has 0 aliphatic rings. The Morgan fingerprint density at radius 3 is 2.81 bits per heavy atom. The maximum Gasteiger partial charge on any atom is 0.0767 e. The Labute approximate surface area is 95.7 Å². The number of hydrogen-bond donors (Lipinski definition) is 2. The second kappa shape index (κ2) is 4.39. The molecule has 0 aliphatic carbocycles. The van der Waals surface area contributed by atoms with Crippen LogP contribution < -0.4 is 11.1 Å². The van der Waals surface area contributed by atoms with E-state index in [-0.39, 0.29) is 0 Å². The van der Waals surface area contributed by atoms with Crippen molar-refractivity contribution in [1.82, 2.24) is 4.98 Å². The number of nitrogens with two attached hydrogens (primary N) is 1. The predicted octanol–water partition coefficient (Wildman–Crippen LogP) is 2.88. The van der Waals surface area contributed by atoms with E-state index in [9.17, 15) is 0 Å². The Balaban J connectivity index is 2.37. The minimum Gasteiger partial charge on any atom is -0.396 e. The molecule has 2 rings (SSSR count). The summed E-state index contributed by atoms with van der Waals surface area (Å²) in [5, 5.41) is 4.33. The largest absolute Gasteiger partial charge is 0.396 e. The fourth-order valence-electron chi connectivity index (χ4n) is 1.62. The molecule has 3 N–H and O–H groups in total. The van der Waals surface area contributed by atoms with E-state index in [4.69, 9.17) is 5.73 Å². The van der Waals surface area contributed by atoms with E-state index < -0.39 is 0 Å². The van der Waals surface area contributed by atoms with Crippen molar-refractivity contribution >= 4 is 22.3 Å². The molecule has 2 aromatic rings. The number of nitrogens with one attached hydrogen (secondary N) is 1. The quantitative estimate of drug-likeness (QED) is 0.827. The summed E-state index contributed by atoms with van der Waals surface area (Å²) in [6.07, 6.45) is 1.81. The standard InChI is InChI=1S/C13H17N3/c1-9(2)7-15-12-8-16-11-6-4-3-5-10(11)13(12)14/h3-6,8-9,15H,7H2,1-2H3,(H2,14,16). The summed E-state index contributed by atoms with van der Waals surface area (Å²) in [6, 6.07) is 7.92. The minimum atomic E-state index is 0.589. The molecular formula is C13H17N3. The molecule has 3 heteroatoms. The van der Waals surface area contributed by atoms with E-state index in [1.807, 2.05) is 24.3 Å². The van der Waals surface area contributed by atoms with Crippen LogP contribution in [0.4, 0.5) is 11.4 Å². The normalized spacial score (nSPS) is 10.9. The molecular weight excluding hydrogens is 198 g/mol. The topological polar surface area (TPSA) is 50.9 Å². The van der Waals surface area contributed by atoms with E-state index in [1.165, 1.54) is 0 Å². The molecule has 0 bridgehead atoms. The van der Waals surface area contributed by atoms with Gasteiger partial charge in [0.25, 0.3) is 0 Å². The van der Waals surface area contributed by atoms with Crippen molar-refractivity contribution in [3.63, 3.8) is 0 Å². The van der Waals surface area contributed by atoms with Crippen LogP contribution in [0.1, 0.15) is 13.8 Å². The Morgan fingerprint density at radius 2 is 2.06 bits per heavy atom. The second-order valence-corrected chi connectivity index (χ2v) is 4.38. The highest BCUT2D eigenvalue weighted by Crippen LogP contribution is 2.26. The number of para-hydroxylation sites is 1. The first-order chi connectivity index (χ1) is 7.68. The van der Waals surface area contributed by atoms with Crippen molar-refractivity contribution in [2.24, 2.45) is 5.92 Å². The van der Waals surface area contributed by atoms with Crippen molar-refractivity contribution in [3.8, 4) is 0 Å². The number of nitrogen functional groups attached to an aromatic ring is 1. The fraction of sp³-hybridized carbons (Fsp3) is 0.308. The van der Waals surface area contributed by atoms with Gasteiger partial charge >= 0.3 is 0 Å². The third-order valence-electron chi connectivity index (χ3n) is 2.52. The molecule has 16 heavy (non-hydrogen) atoms. The SMILES string of the molecule is CC(C)CNc1cnc2ccccc2c1N. The van der Waals surface area contributed by atoms with Crippen LogP contribution >= 0.6 is 0 Å². The van der Waals surface area contributed by atoms with Gasteiger partial charge in [0, 0.05) is 11.9 Å². The van der Waals surface area contributed by atoms with Gasteiger partial charge in [-0.1, -0.05) is 32.0 Å². The van der Waals surface area contributed by atoms with Gasteiger partial charge in [-0.15, -0.1) is 0 Å². The summed E-state index contributed by atoms with van der Waals surface area (Å²) in [6.45, 7) is 5.24. The third kappa shape index (κ3) is 2.08. The van der Waals surface area contributed by atoms with E-state index >= 15 is 0 Å². The van der Waals surface area contributed by atoms with Crippen LogP contribution in [0.2, 0.25) is 0 Å². The maximum atomic E-state index is 6.10. The third-order valence-corrected chi connectivity index (χ3v) is 2.52. The first-order valence-corrected chi connectivity index (χ1v) is 5.55. The Hall–Kier alpha value is -1.77. The van der Waals surface area contributed by atoms with Crippen LogP contribution in [0, 0.1) is 5.92 Å². The van der Waals surface area contributed by atoms with Crippen molar-refractivity contribution in [1.29, 1.82) is 0 Å². The summed E-state index contributed by atoms with van der Waals surface area (Å²) in [5.74, 6) is 0.589. The monoisotopic (exact) mass is 215 g/mol. The molecule has 1 aromatic carbocycles. The number of fused-ring (bicyclic) bond motifs is 1. The molecule has 3 nitrogen and oxygen atoms in total. The number of anilines is 2. The Morgan fingerprint density at radius 1 is 1.31 bits per heavy atom. The zero-order chi connectivity index (χ0) is 11.5. The number of benzene rings is 1. The van der Waals surface area contributed by atoms with Gasteiger partial charge in [0.1, 0.15) is 0 Å². The first kappa shape index (κ1) is 10.7. The molecule has 0 atom stereocenters. The van der Waals surface area contributed by atoms with Crippen LogP contribution in [0.25, 0.3) is 10.9 Å². The van der Waals surface area contributed by atoms with E-state index in [2.05, 4.69) is 24.1 Å². The lowest BCUT2D eigenvalue weighted by molar-refractivity contribution is 0.689. The van der Waals surface area contributed by atoms with Gasteiger partial charge in [-0.2, -0.15) is 0 Å². The summed E-state index contributed by atoms with van der Waals surface area (Å²) in [5.41, 5.74) is 8.75. The number of pyridine rings is 1. The number of aromatic nitrogens is 1. The first-order valence-electron chi connectivity index (χ1n) is 5.55. The lowest BCUT2D eigenvalue weighted by Gasteiger charge is -2.12. The van der Waals surface area contributed by atoms with Gasteiger partial charge in [0.15, 0.2) is 0 Å². The Kier molecular flexibility index (Phi) is 2.95. The molecule has 0 saturated carbocycles. The van der Waals surface area contributed by atoms with Crippen molar-refractivity contribution < 1.29 is 0 Å². The Bertz CT molecular complexity index is 492. The second-order valence-electron chi connectivity index (χ2n) is 4.38. The molecule has 84 valence electrons. The predicted molar refractivity (Wildman–Crippen MR) is 69.5 cm³/mol. The average molecular weight is 215 g/mol. The molecule has 0 fully saturated rings. The average Bonchev–Trinajstić information content (AvgIpc) is 2.28. The van der Waals surface area contributed by atoms with Gasteiger partial charge in [-0.05, 0) is 12.0 Å². The van der Waals surface area contributed by atoms with E-state index in [0.29, 0.717) is 5.92 Å². The molecule has 0 unspecified atom stereocenters. The zero-order valence-electron chi connectivity index (χ0n) is 9.70. The highest BCUT2D eigenvalue weighted by atomic mass is 14.9. The van der Waals surface area contributed by atoms with Crippen LogP contribution in [0.15, 0.2) is 30.5 Å². The van der Waals surface area contributed by atoms with Gasteiger partial charge < -0.3 is 11.1 Å². The summed E-state index contributed by atoms with van der Waals surface area (Å²) in [7, 11) is 0. The molecule has 0 amide bonds. The molecule has 1 aromatic heterocycles. The molecule has 1 heterocycles. The van der Waals surface area contributed by atoms with Crippen LogP contribution in [-0.2, 0) is 0 Å². The summed E-state index contributed by atoms with van der Waals surface area (Å²) in [4.78, 5) is 4.38. The smallest absolute Gasteiger partial charge is 0.0767 e. The van der Waals surface area contributed by atoms with Crippen molar-refractivity contribution in [2.45, 2.75) is 13.8 Å². The zero-order valence-corrected chi connectivity index (χ0v) is 9.70. The lowest BCUT2D eigenvalue weighted by Crippen LogP contribution is -2.10. The summed E-state index contributed by atoms with van der Waals surface area (Å²) < 4.78 is 0. The number of rotatable bonds is 3. The number of nitrogens with zero attached hydrogens (tertiary/aromatic N) is 1. The van der Waals surface area contributed by atoms with E-state index in [1.54, 1.807) is 6.20 Å². The molecule has 0 radical (unpaired) electrons. The van der Waals surface area contributed by atoms with Gasteiger partial charge in [0.2, 0.25) is 0 Å². The molecule has 0 saturated heterocycles. The number of hydrogen-bond acceptors (Lipinski definition) is 3. The fourth-order valence-corrected chi connectivity index (χ4v) is 1.62. The van der Waals surface area contributed by atoms with Crippen molar-refractivity contribution in [3.05, 3.63) is 30.5 Å². The highest BCUT2D eigenvalue weighted by Gasteiger charge is 2.04. The summed E-state index contributed by atoms with van der Waals surface area (Å²) >= 11 is 0. The van der Waals surface area contributed by atoms with Crippen LogP contribution in [0.3, 0.4) is 0 Å². The van der Waals surface area contributed by atoms with E-state index in [0.717, 1.165) is 28.8 Å². The maximum absolute atomic E-state index is 6.10. The highest BCUT2D eigenvalue weighted by molar-refractivity contribution is 5.96. The van der Waals surface area contributed by atoms with Crippen molar-refractivity contribution in [2.75, 3.05) is 17.6 Å². The van der Waals surface area contributed by atoms with Gasteiger partial charge in [0.05, 0.1) is 23.1 Å². The minimum absolute atomic E-state index is 0.589. The molecule has 0 aliphatic heterocycles. The molecule has 0 spiro atoms. The van der Waals surface area contributed by atoms with Gasteiger partial charge in [-0.25, -0.2) is 0 Å².